The summed E-state index contributed by atoms with van der Waals surface area (Å²) in [6, 6.07) is 0. The molecule has 0 aromatic carbocycles. The van der Waals surface area contributed by atoms with Gasteiger partial charge >= 0.3 is 0 Å². The van der Waals surface area contributed by atoms with Crippen LogP contribution in [0.3, 0.4) is 0 Å². The molecule has 4 N–H and O–H groups in total. The highest BCUT2D eigenvalue weighted by atomic mass is 32.1. The predicted octanol–water partition coefficient (Wildman–Crippen LogP) is 1.83. The number of anilines is 2. The molecule has 1 saturated carbocycles. The number of nitrogens with two attached hydrogens (primary N) is 1. The average molecular weight is 254 g/mol. The van der Waals surface area contributed by atoms with E-state index >= 15 is 0 Å². The largest absolute Gasteiger partial charge is 0.382 e. The van der Waals surface area contributed by atoms with E-state index in [1.54, 1.807) is 7.05 Å². The van der Waals surface area contributed by atoms with E-state index in [1.807, 2.05) is 0 Å². The lowest BCUT2D eigenvalue weighted by atomic mass is 9.75. The molecule has 0 spiro atoms. The van der Waals surface area contributed by atoms with E-state index in [-0.39, 0.29) is 11.4 Å². The Labute approximate surface area is 105 Å². The first kappa shape index (κ1) is 12.2. The van der Waals surface area contributed by atoms with E-state index in [0.717, 1.165) is 24.3 Å². The highest BCUT2D eigenvalue weighted by molar-refractivity contribution is 7.11. The van der Waals surface area contributed by atoms with Crippen molar-refractivity contribution in [3.63, 3.8) is 0 Å². The molecule has 0 aliphatic heterocycles. The summed E-state index contributed by atoms with van der Waals surface area (Å²) in [6.07, 6.45) is 4.59. The van der Waals surface area contributed by atoms with Gasteiger partial charge in [0.25, 0.3) is 5.91 Å². The summed E-state index contributed by atoms with van der Waals surface area (Å²) < 4.78 is 4.06. The van der Waals surface area contributed by atoms with Crippen molar-refractivity contribution in [1.82, 2.24) is 9.69 Å². The average Bonchev–Trinajstić information content (AvgIpc) is 2.64. The van der Waals surface area contributed by atoms with Gasteiger partial charge in [0.2, 0.25) is 0 Å². The number of carbonyl (C=O) groups is 1. The third kappa shape index (κ3) is 2.09. The van der Waals surface area contributed by atoms with E-state index in [0.29, 0.717) is 11.4 Å². The van der Waals surface area contributed by atoms with Crippen LogP contribution in [0.15, 0.2) is 0 Å². The van der Waals surface area contributed by atoms with E-state index in [1.165, 1.54) is 18.0 Å². The maximum Gasteiger partial charge on any atom is 0.257 e. The fourth-order valence-corrected chi connectivity index (χ4v) is 2.98. The van der Waals surface area contributed by atoms with Gasteiger partial charge in [0.05, 0.1) is 0 Å². The van der Waals surface area contributed by atoms with Crippen LogP contribution in [-0.4, -0.2) is 22.9 Å². The number of nitrogen functional groups attached to an aromatic ring is 1. The topological polar surface area (TPSA) is 80.0 Å². The van der Waals surface area contributed by atoms with Crippen molar-refractivity contribution >= 4 is 28.3 Å². The predicted molar refractivity (Wildman–Crippen MR) is 70.4 cm³/mol. The van der Waals surface area contributed by atoms with Crippen LogP contribution in [-0.2, 0) is 0 Å². The van der Waals surface area contributed by atoms with Crippen LogP contribution in [0.1, 0.15) is 43.0 Å². The Bertz CT molecular complexity index is 420. The number of carbonyl (C=O) groups excluding carboxylic acids is 1. The molecule has 17 heavy (non-hydrogen) atoms. The van der Waals surface area contributed by atoms with Crippen molar-refractivity contribution in [3.8, 4) is 0 Å². The van der Waals surface area contributed by atoms with Gasteiger partial charge in [-0.05, 0) is 37.2 Å². The molecule has 2 rings (SSSR count). The van der Waals surface area contributed by atoms with Gasteiger partial charge in [-0.1, -0.05) is 6.92 Å². The Kier molecular flexibility index (Phi) is 3.24. The highest BCUT2D eigenvalue weighted by Crippen LogP contribution is 2.40. The standard InChI is InChI=1S/C11H18N4OS/c1-3-11(5-4-6-11)14-10-7(9(16)13-2)8(12)15-17-10/h14H,3-6H2,1-2H3,(H2,12,15)(H,13,16). The van der Waals surface area contributed by atoms with Crippen LogP contribution in [0, 0.1) is 0 Å². The molecule has 1 fully saturated rings. The molecule has 0 radical (unpaired) electrons. The van der Waals surface area contributed by atoms with Crippen molar-refractivity contribution in [2.45, 2.75) is 38.1 Å². The highest BCUT2D eigenvalue weighted by Gasteiger charge is 2.36. The van der Waals surface area contributed by atoms with Crippen LogP contribution in [0.25, 0.3) is 0 Å². The molecule has 0 unspecified atom stereocenters. The van der Waals surface area contributed by atoms with Crippen LogP contribution < -0.4 is 16.4 Å². The number of rotatable bonds is 4. The second-order valence-electron chi connectivity index (χ2n) is 4.46. The molecular formula is C11H18N4OS. The summed E-state index contributed by atoms with van der Waals surface area (Å²) in [4.78, 5) is 11.7. The molecule has 1 amide bonds. The first-order valence-electron chi connectivity index (χ1n) is 5.87. The molecule has 1 aliphatic rings. The molecule has 0 saturated heterocycles. The lowest BCUT2D eigenvalue weighted by molar-refractivity contribution is 0.0964. The second kappa shape index (κ2) is 4.52. The number of nitrogens with zero attached hydrogens (tertiary/aromatic N) is 1. The van der Waals surface area contributed by atoms with Gasteiger partial charge in [-0.2, -0.15) is 4.37 Å². The van der Waals surface area contributed by atoms with Crippen LogP contribution in [0.5, 0.6) is 0 Å². The third-order valence-corrected chi connectivity index (χ3v) is 4.32. The van der Waals surface area contributed by atoms with Gasteiger partial charge < -0.3 is 16.4 Å². The Morgan fingerprint density at radius 3 is 2.76 bits per heavy atom. The summed E-state index contributed by atoms with van der Waals surface area (Å²) in [5.74, 6) is 0.131. The van der Waals surface area contributed by atoms with Crippen molar-refractivity contribution in [2.24, 2.45) is 0 Å². The summed E-state index contributed by atoms with van der Waals surface area (Å²) in [5.41, 5.74) is 6.36. The summed E-state index contributed by atoms with van der Waals surface area (Å²) in [6.45, 7) is 2.16. The minimum atomic E-state index is -0.177. The molecule has 6 heteroatoms. The Morgan fingerprint density at radius 1 is 1.59 bits per heavy atom. The van der Waals surface area contributed by atoms with Crippen LogP contribution >= 0.6 is 11.5 Å². The molecule has 94 valence electrons. The summed E-state index contributed by atoms with van der Waals surface area (Å²) >= 11 is 1.26. The number of hydrogen-bond acceptors (Lipinski definition) is 5. The molecular weight excluding hydrogens is 236 g/mol. The first-order valence-corrected chi connectivity index (χ1v) is 6.64. The number of aromatic nitrogens is 1. The smallest absolute Gasteiger partial charge is 0.257 e. The van der Waals surface area contributed by atoms with Crippen LogP contribution in [0.4, 0.5) is 10.8 Å². The molecule has 1 aliphatic carbocycles. The zero-order valence-electron chi connectivity index (χ0n) is 10.2. The van der Waals surface area contributed by atoms with Gasteiger partial charge in [0.15, 0.2) is 5.82 Å². The van der Waals surface area contributed by atoms with Crippen molar-refractivity contribution in [1.29, 1.82) is 0 Å². The number of amides is 1. The monoisotopic (exact) mass is 254 g/mol. The molecule has 0 bridgehead atoms. The van der Waals surface area contributed by atoms with Crippen molar-refractivity contribution < 1.29 is 4.79 Å². The normalized spacial score (nSPS) is 17.3. The van der Waals surface area contributed by atoms with Gasteiger partial charge in [0, 0.05) is 12.6 Å². The van der Waals surface area contributed by atoms with Gasteiger partial charge in [-0.25, -0.2) is 0 Å². The van der Waals surface area contributed by atoms with Gasteiger partial charge in [0.1, 0.15) is 10.6 Å². The molecule has 1 heterocycles. The minimum Gasteiger partial charge on any atom is -0.382 e. The minimum absolute atomic E-state index is 0.141. The van der Waals surface area contributed by atoms with E-state index in [4.69, 9.17) is 5.73 Å². The number of nitrogens with one attached hydrogen (secondary N) is 2. The second-order valence-corrected chi connectivity index (χ2v) is 5.24. The van der Waals surface area contributed by atoms with Crippen molar-refractivity contribution in [3.05, 3.63) is 5.56 Å². The molecule has 1 aromatic rings. The van der Waals surface area contributed by atoms with Gasteiger partial charge in [-0.15, -0.1) is 0 Å². The molecule has 5 nitrogen and oxygen atoms in total. The quantitative estimate of drug-likeness (QED) is 0.765. The lowest BCUT2D eigenvalue weighted by Gasteiger charge is -2.42. The van der Waals surface area contributed by atoms with E-state index < -0.39 is 0 Å². The van der Waals surface area contributed by atoms with Gasteiger partial charge in [-0.3, -0.25) is 4.79 Å². The molecule has 0 atom stereocenters. The fraction of sp³-hybridized carbons (Fsp3) is 0.636. The SMILES string of the molecule is CCC1(Nc2snc(N)c2C(=O)NC)CCC1. The zero-order valence-corrected chi connectivity index (χ0v) is 11.0. The van der Waals surface area contributed by atoms with Crippen LogP contribution in [0.2, 0.25) is 0 Å². The summed E-state index contributed by atoms with van der Waals surface area (Å²) in [5, 5.41) is 6.85. The van der Waals surface area contributed by atoms with E-state index in [2.05, 4.69) is 21.9 Å². The third-order valence-electron chi connectivity index (χ3n) is 3.54. The maximum atomic E-state index is 11.7. The van der Waals surface area contributed by atoms with Crippen molar-refractivity contribution in [2.75, 3.05) is 18.1 Å². The zero-order chi connectivity index (χ0) is 12.5. The molecule has 1 aromatic heterocycles. The number of hydrogen-bond donors (Lipinski definition) is 3. The Hall–Kier alpha value is -1.30. The van der Waals surface area contributed by atoms with E-state index in [9.17, 15) is 4.79 Å². The summed E-state index contributed by atoms with van der Waals surface area (Å²) in [7, 11) is 1.60. The lowest BCUT2D eigenvalue weighted by Crippen LogP contribution is -2.44. The maximum absolute atomic E-state index is 11.7. The Morgan fingerprint density at radius 2 is 2.29 bits per heavy atom. The first-order chi connectivity index (χ1) is 8.12. The Balaban J connectivity index is 2.24. The fourth-order valence-electron chi connectivity index (χ4n) is 2.14.